The van der Waals surface area contributed by atoms with Crippen molar-refractivity contribution in [2.24, 2.45) is 0 Å². The summed E-state index contributed by atoms with van der Waals surface area (Å²) in [7, 11) is 1.65. The largest absolute Gasteiger partial charge is 0.481 e. The number of hydrogen-bond donors (Lipinski definition) is 0. The second-order valence-corrected chi connectivity index (χ2v) is 6.60. The summed E-state index contributed by atoms with van der Waals surface area (Å²) >= 11 is 2.40. The first kappa shape index (κ1) is 14.5. The molecule has 0 aliphatic carbocycles. The number of rotatable bonds is 3. The first-order valence-electron chi connectivity index (χ1n) is 7.42. The van der Waals surface area contributed by atoms with Crippen molar-refractivity contribution < 1.29 is 4.74 Å². The molecule has 2 aromatic carbocycles. The highest BCUT2D eigenvalue weighted by Gasteiger charge is 2.12. The third kappa shape index (κ3) is 2.47. The van der Waals surface area contributed by atoms with Crippen molar-refractivity contribution >= 4 is 44.4 Å². The standard InChI is InChI=1S/C19H15IN2O/c1-23-19-10-15-14-7-3-5-9-17(14)22(18(15)11-21-19)12-13-6-2-4-8-16(13)20/h2-11H,12H2,1H3. The number of para-hydroxylation sites is 1. The maximum absolute atomic E-state index is 5.30. The first-order valence-corrected chi connectivity index (χ1v) is 8.50. The minimum absolute atomic E-state index is 0.648. The molecule has 0 saturated carbocycles. The number of halogens is 1. The maximum atomic E-state index is 5.30. The Hall–Kier alpha value is -2.08. The predicted octanol–water partition coefficient (Wildman–Crippen LogP) is 4.85. The Morgan fingerprint density at radius 1 is 1.00 bits per heavy atom. The Morgan fingerprint density at radius 3 is 2.61 bits per heavy atom. The molecule has 3 nitrogen and oxygen atoms in total. The van der Waals surface area contributed by atoms with Gasteiger partial charge in [-0.15, -0.1) is 0 Å². The quantitative estimate of drug-likeness (QED) is 0.448. The molecule has 0 unspecified atom stereocenters. The van der Waals surface area contributed by atoms with Crippen molar-refractivity contribution in [3.05, 3.63) is 69.9 Å². The third-order valence-corrected chi connectivity index (χ3v) is 5.18. The maximum Gasteiger partial charge on any atom is 0.213 e. The highest BCUT2D eigenvalue weighted by molar-refractivity contribution is 14.1. The van der Waals surface area contributed by atoms with E-state index in [-0.39, 0.29) is 0 Å². The average Bonchev–Trinajstić information content (AvgIpc) is 2.90. The molecular weight excluding hydrogens is 399 g/mol. The van der Waals surface area contributed by atoms with Crippen LogP contribution in [-0.2, 0) is 6.54 Å². The number of hydrogen-bond acceptors (Lipinski definition) is 2. The molecule has 0 N–H and O–H groups in total. The molecule has 4 aromatic rings. The lowest BCUT2D eigenvalue weighted by Gasteiger charge is -2.09. The van der Waals surface area contributed by atoms with Crippen LogP contribution in [0.1, 0.15) is 5.56 Å². The Kier molecular flexibility index (Phi) is 3.69. The van der Waals surface area contributed by atoms with Crippen LogP contribution < -0.4 is 4.74 Å². The van der Waals surface area contributed by atoms with Gasteiger partial charge in [0.25, 0.3) is 0 Å². The average molecular weight is 414 g/mol. The highest BCUT2D eigenvalue weighted by Crippen LogP contribution is 2.31. The van der Waals surface area contributed by atoms with Crippen LogP contribution in [0, 0.1) is 3.57 Å². The lowest BCUT2D eigenvalue weighted by atomic mass is 10.2. The summed E-state index contributed by atoms with van der Waals surface area (Å²) in [6.07, 6.45) is 1.91. The molecule has 0 amide bonds. The van der Waals surface area contributed by atoms with Crippen molar-refractivity contribution in [3.63, 3.8) is 0 Å². The van der Waals surface area contributed by atoms with E-state index in [0.717, 1.165) is 12.1 Å². The van der Waals surface area contributed by atoms with Crippen molar-refractivity contribution in [2.75, 3.05) is 7.11 Å². The smallest absolute Gasteiger partial charge is 0.213 e. The van der Waals surface area contributed by atoms with Crippen molar-refractivity contribution in [2.45, 2.75) is 6.54 Å². The van der Waals surface area contributed by atoms with Gasteiger partial charge in [0.15, 0.2) is 0 Å². The number of ether oxygens (including phenoxy) is 1. The van der Waals surface area contributed by atoms with Crippen LogP contribution >= 0.6 is 22.6 Å². The Bertz CT molecular complexity index is 1010. The lowest BCUT2D eigenvalue weighted by molar-refractivity contribution is 0.398. The van der Waals surface area contributed by atoms with Crippen LogP contribution in [0.4, 0.5) is 0 Å². The highest BCUT2D eigenvalue weighted by atomic mass is 127. The number of fused-ring (bicyclic) bond motifs is 3. The zero-order valence-electron chi connectivity index (χ0n) is 12.7. The van der Waals surface area contributed by atoms with Gasteiger partial charge in [-0.25, -0.2) is 4.98 Å². The monoisotopic (exact) mass is 414 g/mol. The van der Waals surface area contributed by atoms with Crippen LogP contribution in [0.25, 0.3) is 21.8 Å². The molecule has 4 rings (SSSR count). The molecule has 0 fully saturated rings. The van der Waals surface area contributed by atoms with Gasteiger partial charge in [0.2, 0.25) is 5.88 Å². The Morgan fingerprint density at radius 2 is 1.78 bits per heavy atom. The number of pyridine rings is 1. The number of benzene rings is 2. The summed E-state index contributed by atoms with van der Waals surface area (Å²) in [5.41, 5.74) is 3.66. The SMILES string of the molecule is COc1cc2c3ccccc3n(Cc3ccccc3I)c2cn1. The van der Waals surface area contributed by atoms with Gasteiger partial charge in [-0.3, -0.25) is 0 Å². The molecule has 114 valence electrons. The van der Waals surface area contributed by atoms with Gasteiger partial charge in [-0.2, -0.15) is 0 Å². The van der Waals surface area contributed by atoms with E-state index in [1.54, 1.807) is 7.11 Å². The summed E-state index contributed by atoms with van der Waals surface area (Å²) in [5, 5.41) is 2.41. The summed E-state index contributed by atoms with van der Waals surface area (Å²) in [5.74, 6) is 0.648. The van der Waals surface area contributed by atoms with Crippen LogP contribution in [0.15, 0.2) is 60.8 Å². The predicted molar refractivity (Wildman–Crippen MR) is 102 cm³/mol. The minimum atomic E-state index is 0.648. The molecule has 4 heteroatoms. The van der Waals surface area contributed by atoms with E-state index in [0.29, 0.717) is 5.88 Å². The zero-order chi connectivity index (χ0) is 15.8. The fraction of sp³-hybridized carbons (Fsp3) is 0.105. The Labute approximate surface area is 148 Å². The van der Waals surface area contributed by atoms with E-state index in [1.165, 1.54) is 25.4 Å². The summed E-state index contributed by atoms with van der Waals surface area (Å²) < 4.78 is 8.90. The summed E-state index contributed by atoms with van der Waals surface area (Å²) in [6.45, 7) is 0.830. The number of aromatic nitrogens is 2. The van der Waals surface area contributed by atoms with Gasteiger partial charge in [-0.1, -0.05) is 36.4 Å². The molecule has 2 heterocycles. The van der Waals surface area contributed by atoms with E-state index in [1.807, 2.05) is 12.3 Å². The van der Waals surface area contributed by atoms with E-state index >= 15 is 0 Å². The second-order valence-electron chi connectivity index (χ2n) is 5.44. The van der Waals surface area contributed by atoms with Crippen LogP contribution in [0.2, 0.25) is 0 Å². The number of nitrogens with zero attached hydrogens (tertiary/aromatic N) is 2. The van der Waals surface area contributed by atoms with Gasteiger partial charge in [0.05, 0.1) is 18.8 Å². The van der Waals surface area contributed by atoms with Crippen molar-refractivity contribution in [1.29, 1.82) is 0 Å². The lowest BCUT2D eigenvalue weighted by Crippen LogP contribution is -2.01. The van der Waals surface area contributed by atoms with Crippen LogP contribution in [-0.4, -0.2) is 16.7 Å². The van der Waals surface area contributed by atoms with Crippen molar-refractivity contribution in [3.8, 4) is 5.88 Å². The Balaban J connectivity index is 1.99. The van der Waals surface area contributed by atoms with Gasteiger partial charge in [0.1, 0.15) is 0 Å². The van der Waals surface area contributed by atoms with Gasteiger partial charge in [0, 0.05) is 32.5 Å². The topological polar surface area (TPSA) is 27.1 Å². The summed E-state index contributed by atoms with van der Waals surface area (Å²) in [6, 6.07) is 19.0. The molecule has 0 bridgehead atoms. The van der Waals surface area contributed by atoms with Crippen molar-refractivity contribution in [1.82, 2.24) is 9.55 Å². The van der Waals surface area contributed by atoms with E-state index in [9.17, 15) is 0 Å². The second kappa shape index (κ2) is 5.85. The number of methoxy groups -OCH3 is 1. The molecule has 0 spiro atoms. The molecule has 0 aliphatic heterocycles. The molecule has 0 saturated heterocycles. The van der Waals surface area contributed by atoms with Gasteiger partial charge >= 0.3 is 0 Å². The molecule has 23 heavy (non-hydrogen) atoms. The third-order valence-electron chi connectivity index (χ3n) is 4.13. The van der Waals surface area contributed by atoms with E-state index < -0.39 is 0 Å². The minimum Gasteiger partial charge on any atom is -0.481 e. The molecule has 2 aromatic heterocycles. The molecule has 0 radical (unpaired) electrons. The molecular formula is C19H15IN2O. The normalized spacial score (nSPS) is 11.2. The van der Waals surface area contributed by atoms with Gasteiger partial charge in [-0.05, 0) is 40.3 Å². The molecule has 0 atom stereocenters. The van der Waals surface area contributed by atoms with Crippen LogP contribution in [0.3, 0.4) is 0 Å². The molecule has 0 aliphatic rings. The van der Waals surface area contributed by atoms with E-state index in [4.69, 9.17) is 4.74 Å². The van der Waals surface area contributed by atoms with E-state index in [2.05, 4.69) is 80.7 Å². The summed E-state index contributed by atoms with van der Waals surface area (Å²) in [4.78, 5) is 4.40. The van der Waals surface area contributed by atoms with Gasteiger partial charge < -0.3 is 9.30 Å². The fourth-order valence-corrected chi connectivity index (χ4v) is 3.56. The first-order chi connectivity index (χ1) is 11.3. The van der Waals surface area contributed by atoms with Crippen LogP contribution in [0.5, 0.6) is 5.88 Å². The zero-order valence-corrected chi connectivity index (χ0v) is 14.8. The fourth-order valence-electron chi connectivity index (χ4n) is 3.01.